The average Bonchev–Trinajstić information content (AvgIpc) is 3.60. The fraction of sp³-hybridized carbons (Fsp3) is 0.160. The van der Waals surface area contributed by atoms with Gasteiger partial charge in [-0.05, 0) is 66.9 Å². The van der Waals surface area contributed by atoms with Crippen LogP contribution in [0.1, 0.15) is 37.6 Å². The number of nitrogens with zero attached hydrogens (tertiary/aromatic N) is 2. The van der Waals surface area contributed by atoms with Crippen molar-refractivity contribution >= 4 is 17.6 Å². The Kier molecular flexibility index (Phi) is 5.51. The Morgan fingerprint density at radius 3 is 2.65 bits per heavy atom. The van der Waals surface area contributed by atoms with E-state index in [2.05, 4.69) is 15.7 Å². The molecule has 2 aromatic carbocycles. The summed E-state index contributed by atoms with van der Waals surface area (Å²) in [7, 11) is 0. The number of hydrogen-bond donors (Lipinski definition) is 2. The molecule has 4 aromatic rings. The van der Waals surface area contributed by atoms with Crippen LogP contribution in [-0.2, 0) is 6.54 Å². The number of amides is 2. The summed E-state index contributed by atoms with van der Waals surface area (Å²) in [5.41, 5.74) is 3.97. The Morgan fingerprint density at radius 2 is 1.85 bits per heavy atom. The zero-order valence-corrected chi connectivity index (χ0v) is 18.6. The number of hydrogen-bond acceptors (Lipinski definition) is 6. The molecule has 0 aliphatic carbocycles. The molecule has 0 fully saturated rings. The predicted molar refractivity (Wildman–Crippen MR) is 123 cm³/mol. The van der Waals surface area contributed by atoms with Gasteiger partial charge in [0.15, 0.2) is 17.3 Å². The minimum absolute atomic E-state index is 0.125. The minimum Gasteiger partial charge on any atom is -0.459 e. The SMILES string of the molecule is Cc1ccc(-n2ncc(C(=O)NCc3ccc4c(c3)OCO4)c2NC(=O)c2ccco2)cc1C. The first kappa shape index (κ1) is 21.3. The number of nitrogens with one attached hydrogen (secondary N) is 2. The highest BCUT2D eigenvalue weighted by molar-refractivity contribution is 6.07. The first-order valence-electron chi connectivity index (χ1n) is 10.7. The van der Waals surface area contributed by atoms with Crippen molar-refractivity contribution in [3.05, 3.63) is 89.0 Å². The summed E-state index contributed by atoms with van der Waals surface area (Å²) >= 11 is 0. The van der Waals surface area contributed by atoms with E-state index in [1.807, 2.05) is 44.2 Å². The van der Waals surface area contributed by atoms with Crippen LogP contribution in [0.15, 0.2) is 65.4 Å². The summed E-state index contributed by atoms with van der Waals surface area (Å²) in [4.78, 5) is 25.8. The molecule has 0 spiro atoms. The number of aromatic nitrogens is 2. The lowest BCUT2D eigenvalue weighted by Gasteiger charge is -2.12. The van der Waals surface area contributed by atoms with E-state index in [0.717, 1.165) is 16.7 Å². The zero-order chi connectivity index (χ0) is 23.7. The van der Waals surface area contributed by atoms with Gasteiger partial charge in [0.2, 0.25) is 6.79 Å². The fourth-order valence-electron chi connectivity index (χ4n) is 3.59. The van der Waals surface area contributed by atoms with E-state index in [1.54, 1.807) is 18.2 Å². The first-order chi connectivity index (χ1) is 16.5. The van der Waals surface area contributed by atoms with E-state index in [-0.39, 0.29) is 36.4 Å². The van der Waals surface area contributed by atoms with E-state index < -0.39 is 5.91 Å². The van der Waals surface area contributed by atoms with E-state index in [0.29, 0.717) is 17.2 Å². The molecule has 2 aromatic heterocycles. The Balaban J connectivity index is 1.43. The van der Waals surface area contributed by atoms with Gasteiger partial charge in [0.1, 0.15) is 11.4 Å². The van der Waals surface area contributed by atoms with Crippen LogP contribution in [0.25, 0.3) is 5.69 Å². The van der Waals surface area contributed by atoms with E-state index in [9.17, 15) is 9.59 Å². The number of anilines is 1. The third kappa shape index (κ3) is 4.11. The maximum Gasteiger partial charge on any atom is 0.292 e. The van der Waals surface area contributed by atoms with Crippen LogP contribution in [0, 0.1) is 13.8 Å². The van der Waals surface area contributed by atoms with Crippen molar-refractivity contribution in [2.75, 3.05) is 12.1 Å². The van der Waals surface area contributed by atoms with Gasteiger partial charge in [-0.1, -0.05) is 12.1 Å². The van der Waals surface area contributed by atoms with Gasteiger partial charge in [-0.15, -0.1) is 0 Å². The van der Waals surface area contributed by atoms with Gasteiger partial charge in [-0.2, -0.15) is 5.10 Å². The monoisotopic (exact) mass is 458 g/mol. The lowest BCUT2D eigenvalue weighted by molar-refractivity contribution is 0.0951. The molecule has 1 aliphatic heterocycles. The molecule has 9 heteroatoms. The topological polar surface area (TPSA) is 108 Å². The van der Waals surface area contributed by atoms with Crippen molar-refractivity contribution in [3.63, 3.8) is 0 Å². The highest BCUT2D eigenvalue weighted by atomic mass is 16.7. The lowest BCUT2D eigenvalue weighted by atomic mass is 10.1. The standard InChI is InChI=1S/C25H22N4O5/c1-15-5-7-18(10-16(15)2)29-23(28-25(31)21-4-3-9-32-21)19(13-27-29)24(30)26-12-17-6-8-20-22(11-17)34-14-33-20/h3-11,13H,12,14H2,1-2H3,(H,26,30)(H,28,31). The molecular formula is C25H22N4O5. The van der Waals surface area contributed by atoms with Crippen molar-refractivity contribution in [1.29, 1.82) is 0 Å². The van der Waals surface area contributed by atoms with Gasteiger partial charge in [-0.25, -0.2) is 4.68 Å². The van der Waals surface area contributed by atoms with E-state index in [1.165, 1.54) is 17.1 Å². The van der Waals surface area contributed by atoms with Crippen molar-refractivity contribution < 1.29 is 23.5 Å². The number of fused-ring (bicyclic) bond motifs is 1. The van der Waals surface area contributed by atoms with Crippen molar-refractivity contribution in [2.45, 2.75) is 20.4 Å². The highest BCUT2D eigenvalue weighted by Gasteiger charge is 2.22. The van der Waals surface area contributed by atoms with Crippen LogP contribution in [0.5, 0.6) is 11.5 Å². The quantitative estimate of drug-likeness (QED) is 0.452. The molecule has 34 heavy (non-hydrogen) atoms. The highest BCUT2D eigenvalue weighted by Crippen LogP contribution is 2.32. The van der Waals surface area contributed by atoms with Crippen molar-refractivity contribution in [1.82, 2.24) is 15.1 Å². The number of carbonyl (C=O) groups excluding carboxylic acids is 2. The Labute approximate surface area is 195 Å². The van der Waals surface area contributed by atoms with Crippen LogP contribution >= 0.6 is 0 Å². The van der Waals surface area contributed by atoms with Gasteiger partial charge in [0, 0.05) is 6.54 Å². The molecule has 5 rings (SSSR count). The third-order valence-corrected chi connectivity index (χ3v) is 5.62. The van der Waals surface area contributed by atoms with Crippen molar-refractivity contribution in [2.24, 2.45) is 0 Å². The second-order valence-corrected chi connectivity index (χ2v) is 7.89. The first-order valence-corrected chi connectivity index (χ1v) is 10.7. The maximum atomic E-state index is 13.1. The Hall–Kier alpha value is -4.53. The van der Waals surface area contributed by atoms with Crippen LogP contribution in [-0.4, -0.2) is 28.4 Å². The molecule has 0 saturated heterocycles. The molecule has 0 unspecified atom stereocenters. The third-order valence-electron chi connectivity index (χ3n) is 5.62. The summed E-state index contributed by atoms with van der Waals surface area (Å²) in [6.07, 6.45) is 2.84. The second-order valence-electron chi connectivity index (χ2n) is 7.89. The average molecular weight is 458 g/mol. The maximum absolute atomic E-state index is 13.1. The van der Waals surface area contributed by atoms with Crippen LogP contribution in [0.4, 0.5) is 5.82 Å². The summed E-state index contributed by atoms with van der Waals surface area (Å²) in [6, 6.07) is 14.4. The Bertz CT molecular complexity index is 1370. The predicted octanol–water partition coefficient (Wildman–Crippen LogP) is 3.99. The number of benzene rings is 2. The molecule has 1 aliphatic rings. The van der Waals surface area contributed by atoms with Gasteiger partial charge in [0.25, 0.3) is 11.8 Å². The molecular weight excluding hydrogens is 436 g/mol. The summed E-state index contributed by atoms with van der Waals surface area (Å²) in [6.45, 7) is 4.44. The van der Waals surface area contributed by atoms with E-state index >= 15 is 0 Å². The van der Waals surface area contributed by atoms with Crippen LogP contribution < -0.4 is 20.1 Å². The molecule has 0 radical (unpaired) electrons. The normalized spacial score (nSPS) is 11.9. The fourth-order valence-corrected chi connectivity index (χ4v) is 3.59. The molecule has 172 valence electrons. The summed E-state index contributed by atoms with van der Waals surface area (Å²) in [5.74, 6) is 0.809. The molecule has 3 heterocycles. The lowest BCUT2D eigenvalue weighted by Crippen LogP contribution is -2.25. The number of furan rings is 1. The molecule has 0 atom stereocenters. The number of rotatable bonds is 6. The summed E-state index contributed by atoms with van der Waals surface area (Å²) in [5, 5.41) is 10.0. The van der Waals surface area contributed by atoms with E-state index in [4.69, 9.17) is 13.9 Å². The molecule has 0 bridgehead atoms. The molecule has 9 nitrogen and oxygen atoms in total. The van der Waals surface area contributed by atoms with Crippen LogP contribution in [0.3, 0.4) is 0 Å². The van der Waals surface area contributed by atoms with Gasteiger partial charge < -0.3 is 24.5 Å². The number of ether oxygens (including phenoxy) is 2. The summed E-state index contributed by atoms with van der Waals surface area (Å²) < 4.78 is 17.5. The number of aryl methyl sites for hydroxylation is 2. The Morgan fingerprint density at radius 1 is 1.00 bits per heavy atom. The van der Waals surface area contributed by atoms with Gasteiger partial charge in [-0.3, -0.25) is 9.59 Å². The largest absolute Gasteiger partial charge is 0.459 e. The smallest absolute Gasteiger partial charge is 0.292 e. The molecule has 0 saturated carbocycles. The van der Waals surface area contributed by atoms with Gasteiger partial charge >= 0.3 is 0 Å². The number of carbonyl (C=O) groups is 2. The molecule has 2 amide bonds. The van der Waals surface area contributed by atoms with Crippen LogP contribution in [0.2, 0.25) is 0 Å². The zero-order valence-electron chi connectivity index (χ0n) is 18.6. The molecule has 2 N–H and O–H groups in total. The van der Waals surface area contributed by atoms with Gasteiger partial charge in [0.05, 0.1) is 18.1 Å². The second kappa shape index (κ2) is 8.78. The van der Waals surface area contributed by atoms with Crippen molar-refractivity contribution in [3.8, 4) is 17.2 Å². The minimum atomic E-state index is -0.486.